The molecule has 0 aromatic heterocycles. The first-order valence-electron chi connectivity index (χ1n) is 8.78. The van der Waals surface area contributed by atoms with Crippen LogP contribution in [-0.2, 0) is 24.1 Å². The lowest BCUT2D eigenvalue weighted by molar-refractivity contribution is 0.00578. The van der Waals surface area contributed by atoms with E-state index in [1.54, 1.807) is 6.07 Å². The van der Waals surface area contributed by atoms with Gasteiger partial charge in [0.25, 0.3) is 0 Å². The fraction of sp³-hybridized carbons (Fsp3) is 0.647. The third kappa shape index (κ3) is 4.16. The van der Waals surface area contributed by atoms with Crippen molar-refractivity contribution in [3.05, 3.63) is 18.2 Å². The maximum absolute atomic E-state index is 11.7. The summed E-state index contributed by atoms with van der Waals surface area (Å²) in [5.41, 5.74) is 1.29. The second-order valence-electron chi connectivity index (χ2n) is 7.88. The predicted molar refractivity (Wildman–Crippen MR) is 104 cm³/mol. The molecular formula is C17H27BN2O5S. The number of hydrogen-bond acceptors (Lipinski definition) is 6. The van der Waals surface area contributed by atoms with Crippen molar-refractivity contribution in [3.8, 4) is 0 Å². The summed E-state index contributed by atoms with van der Waals surface area (Å²) >= 11 is 0. The van der Waals surface area contributed by atoms with Gasteiger partial charge in [0.15, 0.2) is 0 Å². The topological polar surface area (TPSA) is 77.1 Å². The van der Waals surface area contributed by atoms with Gasteiger partial charge in [-0.2, -0.15) is 0 Å². The van der Waals surface area contributed by atoms with E-state index in [-0.39, 0.29) is 0 Å². The molecule has 0 bridgehead atoms. The van der Waals surface area contributed by atoms with Crippen LogP contribution in [0.2, 0.25) is 0 Å². The van der Waals surface area contributed by atoms with Gasteiger partial charge in [-0.05, 0) is 51.4 Å². The van der Waals surface area contributed by atoms with E-state index < -0.39 is 28.3 Å². The zero-order chi connectivity index (χ0) is 19.2. The summed E-state index contributed by atoms with van der Waals surface area (Å²) in [7, 11) is -3.94. The molecule has 1 N–H and O–H groups in total. The Labute approximate surface area is 156 Å². The zero-order valence-corrected chi connectivity index (χ0v) is 16.9. The van der Waals surface area contributed by atoms with Crippen LogP contribution in [0, 0.1) is 0 Å². The fourth-order valence-electron chi connectivity index (χ4n) is 3.03. The Bertz CT molecular complexity index is 759. The average Bonchev–Trinajstić information content (AvgIpc) is 2.74. The number of anilines is 2. The van der Waals surface area contributed by atoms with Crippen molar-refractivity contribution in [2.45, 2.75) is 38.9 Å². The third-order valence-corrected chi connectivity index (χ3v) is 5.75. The van der Waals surface area contributed by atoms with Crippen molar-refractivity contribution in [2.24, 2.45) is 0 Å². The highest BCUT2D eigenvalue weighted by Crippen LogP contribution is 2.37. The standard InChI is InChI=1S/C17H27BN2O5S/c1-16(2)17(3,4)25-18(24-16)13-10-14(19-26(5,21)22)12-15(11-13)20-6-8-23-9-7-20/h10-12,19H,6-9H2,1-5H3. The van der Waals surface area contributed by atoms with Gasteiger partial charge < -0.3 is 18.9 Å². The Morgan fingerprint density at radius 1 is 1.04 bits per heavy atom. The zero-order valence-electron chi connectivity index (χ0n) is 16.0. The lowest BCUT2D eigenvalue weighted by Crippen LogP contribution is -2.41. The minimum Gasteiger partial charge on any atom is -0.399 e. The SMILES string of the molecule is CC1(C)OB(c2cc(NS(C)(=O)=O)cc(N3CCOCC3)c2)OC1(C)C. The summed E-state index contributed by atoms with van der Waals surface area (Å²) in [6.45, 7) is 10.8. The molecule has 0 saturated carbocycles. The molecule has 3 rings (SSSR count). The van der Waals surface area contributed by atoms with Crippen molar-refractivity contribution < 1.29 is 22.5 Å². The predicted octanol–water partition coefficient (Wildman–Crippen LogP) is 1.19. The number of morpholine rings is 1. The van der Waals surface area contributed by atoms with Crippen molar-refractivity contribution in [3.63, 3.8) is 0 Å². The summed E-state index contributed by atoms with van der Waals surface area (Å²) in [5, 5.41) is 0. The molecule has 7 nitrogen and oxygen atoms in total. The first-order valence-corrected chi connectivity index (χ1v) is 10.7. The quantitative estimate of drug-likeness (QED) is 0.789. The molecule has 0 radical (unpaired) electrons. The molecular weight excluding hydrogens is 355 g/mol. The normalized spacial score (nSPS) is 22.5. The average molecular weight is 382 g/mol. The molecule has 2 saturated heterocycles. The van der Waals surface area contributed by atoms with Gasteiger partial charge in [0.1, 0.15) is 0 Å². The van der Waals surface area contributed by atoms with Crippen molar-refractivity contribution in [2.75, 3.05) is 42.2 Å². The molecule has 0 amide bonds. The van der Waals surface area contributed by atoms with E-state index in [9.17, 15) is 8.42 Å². The smallest absolute Gasteiger partial charge is 0.399 e. The van der Waals surface area contributed by atoms with Gasteiger partial charge in [0, 0.05) is 18.8 Å². The van der Waals surface area contributed by atoms with E-state index >= 15 is 0 Å². The molecule has 1 aromatic rings. The Kier molecular flexibility index (Phi) is 5.02. The van der Waals surface area contributed by atoms with Crippen molar-refractivity contribution in [1.29, 1.82) is 0 Å². The maximum Gasteiger partial charge on any atom is 0.494 e. The Balaban J connectivity index is 1.97. The molecule has 0 atom stereocenters. The summed E-state index contributed by atoms with van der Waals surface area (Å²) in [5.74, 6) is 0. The first-order chi connectivity index (χ1) is 12.0. The summed E-state index contributed by atoms with van der Waals surface area (Å²) in [6.07, 6.45) is 1.14. The van der Waals surface area contributed by atoms with E-state index in [1.807, 2.05) is 39.8 Å². The monoisotopic (exact) mass is 382 g/mol. The van der Waals surface area contributed by atoms with Gasteiger partial charge in [0.05, 0.1) is 36.4 Å². The highest BCUT2D eigenvalue weighted by molar-refractivity contribution is 7.92. The van der Waals surface area contributed by atoms with E-state index in [2.05, 4.69) is 9.62 Å². The molecule has 2 aliphatic rings. The fourth-order valence-corrected chi connectivity index (χ4v) is 3.57. The van der Waals surface area contributed by atoms with Crippen LogP contribution < -0.4 is 15.1 Å². The van der Waals surface area contributed by atoms with Gasteiger partial charge in [-0.1, -0.05) is 0 Å². The van der Waals surface area contributed by atoms with Crippen LogP contribution >= 0.6 is 0 Å². The molecule has 2 aliphatic heterocycles. The largest absolute Gasteiger partial charge is 0.494 e. The van der Waals surface area contributed by atoms with Gasteiger partial charge in [-0.25, -0.2) is 8.42 Å². The molecule has 0 spiro atoms. The van der Waals surface area contributed by atoms with E-state index in [4.69, 9.17) is 14.0 Å². The van der Waals surface area contributed by atoms with Crippen LogP contribution in [0.4, 0.5) is 11.4 Å². The third-order valence-electron chi connectivity index (χ3n) is 5.14. The highest BCUT2D eigenvalue weighted by Gasteiger charge is 2.51. The molecule has 0 unspecified atom stereocenters. The summed E-state index contributed by atoms with van der Waals surface area (Å²) in [6, 6.07) is 5.61. The number of rotatable bonds is 4. The van der Waals surface area contributed by atoms with Crippen LogP contribution in [0.15, 0.2) is 18.2 Å². The molecule has 1 aromatic carbocycles. The molecule has 2 fully saturated rings. The molecule has 26 heavy (non-hydrogen) atoms. The number of hydrogen-bond donors (Lipinski definition) is 1. The van der Waals surface area contributed by atoms with Gasteiger partial charge in [-0.15, -0.1) is 0 Å². The number of ether oxygens (including phenoxy) is 1. The lowest BCUT2D eigenvalue weighted by Gasteiger charge is -2.32. The highest BCUT2D eigenvalue weighted by atomic mass is 32.2. The lowest BCUT2D eigenvalue weighted by atomic mass is 9.78. The number of nitrogens with one attached hydrogen (secondary N) is 1. The number of nitrogens with zero attached hydrogens (tertiary/aromatic N) is 1. The second-order valence-corrected chi connectivity index (χ2v) is 9.62. The van der Waals surface area contributed by atoms with Gasteiger partial charge in [-0.3, -0.25) is 4.72 Å². The number of sulfonamides is 1. The van der Waals surface area contributed by atoms with Crippen LogP contribution in [-0.4, -0.2) is 59.3 Å². The minimum absolute atomic E-state index is 0.461. The van der Waals surface area contributed by atoms with Crippen LogP contribution in [0.1, 0.15) is 27.7 Å². The molecule has 144 valence electrons. The van der Waals surface area contributed by atoms with E-state index in [0.29, 0.717) is 18.9 Å². The molecule has 9 heteroatoms. The summed E-state index contributed by atoms with van der Waals surface area (Å²) < 4.78 is 43.7. The Hall–Kier alpha value is -1.29. The summed E-state index contributed by atoms with van der Waals surface area (Å²) in [4.78, 5) is 2.17. The van der Waals surface area contributed by atoms with Gasteiger partial charge in [0.2, 0.25) is 10.0 Å². The van der Waals surface area contributed by atoms with E-state index in [1.165, 1.54) is 0 Å². The molecule has 2 heterocycles. The van der Waals surface area contributed by atoms with Gasteiger partial charge >= 0.3 is 7.12 Å². The Morgan fingerprint density at radius 2 is 1.62 bits per heavy atom. The first kappa shape index (κ1) is 19.5. The Morgan fingerprint density at radius 3 is 2.15 bits per heavy atom. The maximum atomic E-state index is 11.7. The minimum atomic E-state index is -3.39. The van der Waals surface area contributed by atoms with E-state index in [0.717, 1.165) is 30.5 Å². The number of benzene rings is 1. The molecule has 0 aliphatic carbocycles. The van der Waals surface area contributed by atoms with Crippen LogP contribution in [0.25, 0.3) is 0 Å². The van der Waals surface area contributed by atoms with Crippen LogP contribution in [0.3, 0.4) is 0 Å². The van der Waals surface area contributed by atoms with Crippen LogP contribution in [0.5, 0.6) is 0 Å². The van der Waals surface area contributed by atoms with Crippen molar-refractivity contribution in [1.82, 2.24) is 0 Å². The second kappa shape index (κ2) is 6.71. The van der Waals surface area contributed by atoms with Crippen molar-refractivity contribution >= 4 is 34.0 Å².